The highest BCUT2D eigenvalue weighted by Crippen LogP contribution is 2.19. The first-order valence-electron chi connectivity index (χ1n) is 7.75. The Kier molecular flexibility index (Phi) is 6.12. The molecule has 0 spiro atoms. The van der Waals surface area contributed by atoms with Crippen molar-refractivity contribution in [2.24, 2.45) is 11.3 Å². The SMILES string of the molecule is Cc1cccc(=O)n1CC(C)(C)C(=O)NC(CC(C)C)C(=O)O. The van der Waals surface area contributed by atoms with Crippen LogP contribution in [-0.2, 0) is 16.1 Å². The summed E-state index contributed by atoms with van der Waals surface area (Å²) >= 11 is 0. The molecule has 0 aromatic carbocycles. The minimum absolute atomic E-state index is 0.151. The van der Waals surface area contributed by atoms with Crippen molar-refractivity contribution >= 4 is 11.9 Å². The Morgan fingerprint density at radius 2 is 1.91 bits per heavy atom. The number of hydrogen-bond donors (Lipinski definition) is 2. The smallest absolute Gasteiger partial charge is 0.326 e. The molecule has 6 nitrogen and oxygen atoms in total. The lowest BCUT2D eigenvalue weighted by atomic mass is 9.90. The normalized spacial score (nSPS) is 13.0. The van der Waals surface area contributed by atoms with Gasteiger partial charge >= 0.3 is 5.97 Å². The van der Waals surface area contributed by atoms with Crippen LogP contribution in [0.1, 0.15) is 39.8 Å². The fourth-order valence-electron chi connectivity index (χ4n) is 2.34. The third-order valence-electron chi connectivity index (χ3n) is 3.75. The van der Waals surface area contributed by atoms with Gasteiger partial charge < -0.3 is 15.0 Å². The van der Waals surface area contributed by atoms with Gasteiger partial charge in [-0.15, -0.1) is 0 Å². The van der Waals surface area contributed by atoms with E-state index >= 15 is 0 Å². The predicted molar refractivity (Wildman–Crippen MR) is 88.2 cm³/mol. The predicted octanol–water partition coefficient (Wildman–Crippen LogP) is 1.80. The van der Waals surface area contributed by atoms with Crippen LogP contribution >= 0.6 is 0 Å². The Balaban J connectivity index is 2.92. The maximum atomic E-state index is 12.5. The topological polar surface area (TPSA) is 88.4 Å². The van der Waals surface area contributed by atoms with Crippen LogP contribution in [0.15, 0.2) is 23.0 Å². The Hall–Kier alpha value is -2.11. The maximum absolute atomic E-state index is 12.5. The van der Waals surface area contributed by atoms with Crippen LogP contribution in [0.5, 0.6) is 0 Å². The van der Waals surface area contributed by atoms with Crippen LogP contribution in [0.2, 0.25) is 0 Å². The lowest BCUT2D eigenvalue weighted by molar-refractivity contribution is -0.144. The van der Waals surface area contributed by atoms with Gasteiger partial charge in [0, 0.05) is 18.3 Å². The minimum Gasteiger partial charge on any atom is -0.480 e. The second kappa shape index (κ2) is 7.44. The largest absolute Gasteiger partial charge is 0.480 e. The summed E-state index contributed by atoms with van der Waals surface area (Å²) in [7, 11) is 0. The number of amides is 1. The number of pyridine rings is 1. The molecule has 0 aliphatic carbocycles. The first-order valence-corrected chi connectivity index (χ1v) is 7.75. The van der Waals surface area contributed by atoms with E-state index in [0.717, 1.165) is 5.69 Å². The fraction of sp³-hybridized carbons (Fsp3) is 0.588. The molecule has 6 heteroatoms. The van der Waals surface area contributed by atoms with E-state index in [4.69, 9.17) is 0 Å². The van der Waals surface area contributed by atoms with Crippen LogP contribution in [0.3, 0.4) is 0 Å². The van der Waals surface area contributed by atoms with E-state index in [0.29, 0.717) is 6.42 Å². The maximum Gasteiger partial charge on any atom is 0.326 e. The van der Waals surface area contributed by atoms with Crippen molar-refractivity contribution in [2.45, 2.75) is 53.6 Å². The monoisotopic (exact) mass is 322 g/mol. The molecule has 2 N–H and O–H groups in total. The van der Waals surface area contributed by atoms with E-state index < -0.39 is 17.4 Å². The van der Waals surface area contributed by atoms with Crippen molar-refractivity contribution in [1.29, 1.82) is 0 Å². The lowest BCUT2D eigenvalue weighted by Crippen LogP contribution is -2.49. The molecule has 0 saturated heterocycles. The first kappa shape index (κ1) is 18.9. The average molecular weight is 322 g/mol. The summed E-state index contributed by atoms with van der Waals surface area (Å²) in [6.07, 6.45) is 0.363. The molecular weight excluding hydrogens is 296 g/mol. The fourth-order valence-corrected chi connectivity index (χ4v) is 2.34. The second-order valence-corrected chi connectivity index (χ2v) is 6.97. The molecule has 1 heterocycles. The molecule has 0 aliphatic rings. The van der Waals surface area contributed by atoms with Gasteiger partial charge in [0.15, 0.2) is 0 Å². The highest BCUT2D eigenvalue weighted by atomic mass is 16.4. The number of hydrogen-bond acceptors (Lipinski definition) is 3. The average Bonchev–Trinajstić information content (AvgIpc) is 2.41. The van der Waals surface area contributed by atoms with Crippen LogP contribution in [0.4, 0.5) is 0 Å². The van der Waals surface area contributed by atoms with Crippen LogP contribution in [0.25, 0.3) is 0 Å². The van der Waals surface area contributed by atoms with Crippen LogP contribution < -0.4 is 10.9 Å². The molecule has 0 aliphatic heterocycles. The third-order valence-corrected chi connectivity index (χ3v) is 3.75. The zero-order chi connectivity index (χ0) is 17.8. The number of nitrogens with one attached hydrogen (secondary N) is 1. The molecule has 1 aromatic heterocycles. The number of carbonyl (C=O) groups excluding carboxylic acids is 1. The third kappa shape index (κ3) is 5.23. The summed E-state index contributed by atoms with van der Waals surface area (Å²) in [6, 6.07) is 3.99. The van der Waals surface area contributed by atoms with Crippen LogP contribution in [0, 0.1) is 18.3 Å². The van der Waals surface area contributed by atoms with E-state index in [2.05, 4.69) is 5.32 Å². The summed E-state index contributed by atoms with van der Waals surface area (Å²) in [6.45, 7) is 9.21. The molecule has 1 amide bonds. The van der Waals surface area contributed by atoms with Gasteiger partial charge in [0.25, 0.3) is 5.56 Å². The van der Waals surface area contributed by atoms with Gasteiger partial charge in [0.2, 0.25) is 5.91 Å². The summed E-state index contributed by atoms with van der Waals surface area (Å²) in [4.78, 5) is 35.7. The van der Waals surface area contributed by atoms with E-state index in [1.807, 2.05) is 13.8 Å². The molecule has 0 fully saturated rings. The first-order chi connectivity index (χ1) is 10.5. The van der Waals surface area contributed by atoms with E-state index in [-0.39, 0.29) is 23.9 Å². The number of carboxylic acid groups (broad SMARTS) is 1. The van der Waals surface area contributed by atoms with Gasteiger partial charge in [-0.2, -0.15) is 0 Å². The molecule has 1 rings (SSSR count). The number of rotatable bonds is 7. The summed E-state index contributed by atoms with van der Waals surface area (Å²) < 4.78 is 1.53. The summed E-state index contributed by atoms with van der Waals surface area (Å²) in [5.74, 6) is -1.27. The number of aliphatic carboxylic acids is 1. The Labute approximate surface area is 136 Å². The number of carboxylic acids is 1. The molecule has 128 valence electrons. The minimum atomic E-state index is -1.05. The highest BCUT2D eigenvalue weighted by molar-refractivity contribution is 5.86. The van der Waals surface area contributed by atoms with Crippen molar-refractivity contribution in [2.75, 3.05) is 0 Å². The van der Waals surface area contributed by atoms with Gasteiger partial charge in [-0.05, 0) is 39.2 Å². The molecule has 1 unspecified atom stereocenters. The Morgan fingerprint density at radius 3 is 2.39 bits per heavy atom. The van der Waals surface area contributed by atoms with E-state index in [9.17, 15) is 19.5 Å². The van der Waals surface area contributed by atoms with Gasteiger partial charge in [-0.1, -0.05) is 19.9 Å². The Bertz CT molecular complexity index is 632. The van der Waals surface area contributed by atoms with Crippen molar-refractivity contribution in [1.82, 2.24) is 9.88 Å². The zero-order valence-corrected chi connectivity index (χ0v) is 14.4. The standard InChI is InChI=1S/C17H26N2O4/c1-11(2)9-13(15(21)22)18-16(23)17(4,5)10-19-12(3)7-6-8-14(19)20/h6-8,11,13H,9-10H2,1-5H3,(H,18,23)(H,21,22). The number of aromatic nitrogens is 1. The van der Waals surface area contributed by atoms with Gasteiger partial charge in [-0.3, -0.25) is 9.59 Å². The summed E-state index contributed by atoms with van der Waals surface area (Å²) in [5.41, 5.74) is -0.321. The van der Waals surface area contributed by atoms with Crippen LogP contribution in [-0.4, -0.2) is 27.6 Å². The van der Waals surface area contributed by atoms with E-state index in [1.165, 1.54) is 10.6 Å². The van der Waals surface area contributed by atoms with Gasteiger partial charge in [-0.25, -0.2) is 4.79 Å². The van der Waals surface area contributed by atoms with Crippen molar-refractivity contribution in [3.05, 3.63) is 34.2 Å². The molecule has 1 aromatic rings. The lowest BCUT2D eigenvalue weighted by Gasteiger charge is -2.28. The molecule has 0 radical (unpaired) electrons. The van der Waals surface area contributed by atoms with Crippen molar-refractivity contribution in [3.63, 3.8) is 0 Å². The number of nitrogens with zero attached hydrogens (tertiary/aromatic N) is 1. The molecule has 23 heavy (non-hydrogen) atoms. The number of aryl methyl sites for hydroxylation is 1. The molecule has 1 atom stereocenters. The zero-order valence-electron chi connectivity index (χ0n) is 14.4. The Morgan fingerprint density at radius 1 is 1.30 bits per heavy atom. The van der Waals surface area contributed by atoms with Gasteiger partial charge in [0.1, 0.15) is 6.04 Å². The molecule has 0 bridgehead atoms. The van der Waals surface area contributed by atoms with Crippen molar-refractivity contribution in [3.8, 4) is 0 Å². The molecular formula is C17H26N2O4. The number of carbonyl (C=O) groups is 2. The summed E-state index contributed by atoms with van der Waals surface area (Å²) in [5, 5.41) is 11.8. The van der Waals surface area contributed by atoms with Gasteiger partial charge in [0.05, 0.1) is 5.41 Å². The van der Waals surface area contributed by atoms with E-state index in [1.54, 1.807) is 32.9 Å². The van der Waals surface area contributed by atoms with Crippen molar-refractivity contribution < 1.29 is 14.7 Å². The highest BCUT2D eigenvalue weighted by Gasteiger charge is 2.32. The second-order valence-electron chi connectivity index (χ2n) is 6.97. The molecule has 0 saturated carbocycles. The quantitative estimate of drug-likeness (QED) is 0.801.